The van der Waals surface area contributed by atoms with Gasteiger partial charge in [0.25, 0.3) is 5.91 Å². The lowest BCUT2D eigenvalue weighted by molar-refractivity contribution is -0.118. The van der Waals surface area contributed by atoms with E-state index in [9.17, 15) is 9.59 Å². The van der Waals surface area contributed by atoms with Crippen LogP contribution in [0.1, 0.15) is 22.8 Å². The van der Waals surface area contributed by atoms with Crippen molar-refractivity contribution in [1.29, 1.82) is 0 Å². The summed E-state index contributed by atoms with van der Waals surface area (Å²) in [7, 11) is 4.44. The Labute approximate surface area is 245 Å². The molecule has 5 rings (SSSR count). The largest absolute Gasteiger partial charge is 0.493 e. The van der Waals surface area contributed by atoms with Crippen LogP contribution in [0, 0.1) is 0 Å². The summed E-state index contributed by atoms with van der Waals surface area (Å²) in [6.45, 7) is 2.55. The number of hydrogen-bond acceptors (Lipinski definition) is 10. The van der Waals surface area contributed by atoms with Crippen LogP contribution in [0.5, 0.6) is 28.7 Å². The number of nitrogens with zero attached hydrogens (tertiary/aromatic N) is 3. The SMILES string of the molecule is CCN=c1scc(-c2ccc3c(c2)NC(=O)CO3)n1N=Cc1ccc(OC(=O)c2cc(OC)c(OC)c(OC)c2)cc1. The summed E-state index contributed by atoms with van der Waals surface area (Å²) in [6, 6.07) is 15.6. The lowest BCUT2D eigenvalue weighted by atomic mass is 10.1. The zero-order valence-corrected chi connectivity index (χ0v) is 24.2. The average molecular weight is 589 g/mol. The molecule has 0 saturated heterocycles. The first-order valence-corrected chi connectivity index (χ1v) is 13.8. The third-order valence-electron chi connectivity index (χ3n) is 6.20. The van der Waals surface area contributed by atoms with Gasteiger partial charge in [0.05, 0.1) is 44.5 Å². The van der Waals surface area contributed by atoms with Crippen molar-refractivity contribution in [3.8, 4) is 40.0 Å². The molecule has 1 aliphatic heterocycles. The van der Waals surface area contributed by atoms with Crippen molar-refractivity contribution in [1.82, 2.24) is 4.68 Å². The molecule has 0 bridgehead atoms. The molecule has 0 fully saturated rings. The van der Waals surface area contributed by atoms with E-state index >= 15 is 0 Å². The van der Waals surface area contributed by atoms with Gasteiger partial charge in [0, 0.05) is 17.5 Å². The summed E-state index contributed by atoms with van der Waals surface area (Å²) in [4.78, 5) is 29.9. The van der Waals surface area contributed by atoms with Crippen LogP contribution < -0.4 is 33.8 Å². The highest BCUT2D eigenvalue weighted by Crippen LogP contribution is 2.38. The van der Waals surface area contributed by atoms with Gasteiger partial charge in [-0.05, 0) is 67.1 Å². The minimum absolute atomic E-state index is 0.00239. The van der Waals surface area contributed by atoms with Crippen molar-refractivity contribution < 1.29 is 33.3 Å². The minimum Gasteiger partial charge on any atom is -0.493 e. The Bertz CT molecular complexity index is 1700. The number of ether oxygens (including phenoxy) is 5. The van der Waals surface area contributed by atoms with Gasteiger partial charge in [0.2, 0.25) is 10.6 Å². The van der Waals surface area contributed by atoms with Gasteiger partial charge >= 0.3 is 5.97 Å². The second kappa shape index (κ2) is 12.6. The molecule has 11 nitrogen and oxygen atoms in total. The molecule has 0 spiro atoms. The van der Waals surface area contributed by atoms with E-state index < -0.39 is 5.97 Å². The van der Waals surface area contributed by atoms with Crippen molar-refractivity contribution >= 4 is 35.1 Å². The zero-order valence-electron chi connectivity index (χ0n) is 23.4. The molecule has 0 radical (unpaired) electrons. The number of methoxy groups -OCH3 is 3. The van der Waals surface area contributed by atoms with Gasteiger partial charge in [0.1, 0.15) is 11.5 Å². The number of anilines is 1. The summed E-state index contributed by atoms with van der Waals surface area (Å²) >= 11 is 1.46. The lowest BCUT2D eigenvalue weighted by Gasteiger charge is -2.18. The quantitative estimate of drug-likeness (QED) is 0.172. The first-order chi connectivity index (χ1) is 20.4. The van der Waals surface area contributed by atoms with E-state index in [1.165, 1.54) is 44.8 Å². The van der Waals surface area contributed by atoms with Gasteiger partial charge < -0.3 is 29.0 Å². The second-order valence-corrected chi connectivity index (χ2v) is 9.69. The van der Waals surface area contributed by atoms with E-state index in [0.29, 0.717) is 41.0 Å². The number of hydrogen-bond donors (Lipinski definition) is 1. The maximum atomic E-state index is 12.9. The average Bonchev–Trinajstić information content (AvgIpc) is 3.41. The smallest absolute Gasteiger partial charge is 0.343 e. The number of esters is 1. The third-order valence-corrected chi connectivity index (χ3v) is 7.05. The number of carbonyl (C=O) groups is 2. The molecule has 42 heavy (non-hydrogen) atoms. The molecule has 4 aromatic rings. The van der Waals surface area contributed by atoms with Gasteiger partial charge in [-0.2, -0.15) is 5.10 Å². The highest BCUT2D eigenvalue weighted by atomic mass is 32.1. The Morgan fingerprint density at radius 3 is 2.45 bits per heavy atom. The standard InChI is InChI=1S/C30H28N4O7S/c1-5-31-30-34(23(17-42-30)19-8-11-24-22(12-19)33-27(35)16-40-24)32-15-18-6-9-21(10-7-18)41-29(36)20-13-25(37-2)28(39-4)26(14-20)38-3/h6-15,17H,5,16H2,1-4H3,(H,33,35). The van der Waals surface area contributed by atoms with Crippen LogP contribution in [0.2, 0.25) is 0 Å². The monoisotopic (exact) mass is 588 g/mol. The molecule has 0 atom stereocenters. The van der Waals surface area contributed by atoms with Crippen molar-refractivity contribution in [3.63, 3.8) is 0 Å². The molecule has 1 aromatic heterocycles. The predicted octanol–water partition coefficient (Wildman–Crippen LogP) is 4.60. The number of amides is 1. The maximum Gasteiger partial charge on any atom is 0.343 e. The normalized spacial score (nSPS) is 12.9. The fourth-order valence-corrected chi connectivity index (χ4v) is 5.11. The molecule has 1 amide bonds. The molecule has 0 unspecified atom stereocenters. The molecule has 3 aromatic carbocycles. The first kappa shape index (κ1) is 28.4. The summed E-state index contributed by atoms with van der Waals surface area (Å²) in [5, 5.41) is 9.50. The summed E-state index contributed by atoms with van der Waals surface area (Å²) in [5.74, 6) is 1.28. The highest BCUT2D eigenvalue weighted by Gasteiger charge is 2.19. The Kier molecular flexibility index (Phi) is 8.53. The van der Waals surface area contributed by atoms with E-state index in [2.05, 4.69) is 10.3 Å². The van der Waals surface area contributed by atoms with Crippen LogP contribution in [0.15, 0.2) is 70.1 Å². The summed E-state index contributed by atoms with van der Waals surface area (Å²) < 4.78 is 28.8. The van der Waals surface area contributed by atoms with Gasteiger partial charge in [-0.1, -0.05) is 0 Å². The second-order valence-electron chi connectivity index (χ2n) is 8.85. The maximum absolute atomic E-state index is 12.9. The molecule has 0 aliphatic carbocycles. The van der Waals surface area contributed by atoms with E-state index in [4.69, 9.17) is 28.8 Å². The molecule has 216 valence electrons. The van der Waals surface area contributed by atoms with Gasteiger partial charge in [0.15, 0.2) is 18.1 Å². The molecule has 1 N–H and O–H groups in total. The third kappa shape index (κ3) is 5.98. The fourth-order valence-electron chi connectivity index (χ4n) is 4.21. The van der Waals surface area contributed by atoms with Crippen LogP contribution in [-0.2, 0) is 4.79 Å². The topological polar surface area (TPSA) is 122 Å². The first-order valence-electron chi connectivity index (χ1n) is 12.9. The minimum atomic E-state index is -0.577. The number of thiazole rings is 1. The molecule has 12 heteroatoms. The van der Waals surface area contributed by atoms with Crippen LogP contribution >= 0.6 is 11.3 Å². The Morgan fingerprint density at radius 2 is 1.79 bits per heavy atom. The lowest BCUT2D eigenvalue weighted by Crippen LogP contribution is -2.25. The van der Waals surface area contributed by atoms with Gasteiger partial charge in [-0.25, -0.2) is 9.47 Å². The van der Waals surface area contributed by atoms with Gasteiger partial charge in [-0.15, -0.1) is 11.3 Å². The van der Waals surface area contributed by atoms with E-state index in [-0.39, 0.29) is 18.1 Å². The zero-order chi connectivity index (χ0) is 29.6. The van der Waals surface area contributed by atoms with E-state index in [1.54, 1.807) is 35.2 Å². The predicted molar refractivity (Wildman–Crippen MR) is 158 cm³/mol. The Morgan fingerprint density at radius 1 is 1.05 bits per heavy atom. The van der Waals surface area contributed by atoms with E-state index in [1.807, 2.05) is 30.5 Å². The molecule has 0 saturated carbocycles. The summed E-state index contributed by atoms with van der Waals surface area (Å²) in [6.07, 6.45) is 1.69. The Balaban J connectivity index is 1.36. The fraction of sp³-hybridized carbons (Fsp3) is 0.200. The number of fused-ring (bicyclic) bond motifs is 1. The van der Waals surface area contributed by atoms with Crippen molar-refractivity contribution in [2.75, 3.05) is 39.8 Å². The molecular weight excluding hydrogens is 560 g/mol. The van der Waals surface area contributed by atoms with Crippen molar-refractivity contribution in [3.05, 3.63) is 75.9 Å². The van der Waals surface area contributed by atoms with Crippen molar-refractivity contribution in [2.45, 2.75) is 6.92 Å². The number of nitrogens with one attached hydrogen (secondary N) is 1. The number of benzene rings is 3. The number of aromatic nitrogens is 1. The molecule has 1 aliphatic rings. The Hall–Kier alpha value is -5.10. The van der Waals surface area contributed by atoms with Crippen LogP contribution in [0.4, 0.5) is 5.69 Å². The van der Waals surface area contributed by atoms with Crippen LogP contribution in [-0.4, -0.2) is 57.2 Å². The number of rotatable bonds is 9. The van der Waals surface area contributed by atoms with Crippen molar-refractivity contribution in [2.24, 2.45) is 10.1 Å². The molecular formula is C30H28N4O7S. The molecule has 2 heterocycles. The van der Waals surface area contributed by atoms with Crippen LogP contribution in [0.3, 0.4) is 0 Å². The number of carbonyl (C=O) groups excluding carboxylic acids is 2. The van der Waals surface area contributed by atoms with E-state index in [0.717, 1.165) is 21.6 Å². The van der Waals surface area contributed by atoms with Gasteiger partial charge in [-0.3, -0.25) is 9.79 Å². The van der Waals surface area contributed by atoms with Crippen LogP contribution in [0.25, 0.3) is 11.3 Å². The highest BCUT2D eigenvalue weighted by molar-refractivity contribution is 7.07. The summed E-state index contributed by atoms with van der Waals surface area (Å²) in [5.41, 5.74) is 3.29.